The quantitative estimate of drug-likeness (QED) is 0.723. The summed E-state index contributed by atoms with van der Waals surface area (Å²) in [5.41, 5.74) is 5.18. The van der Waals surface area contributed by atoms with E-state index in [-0.39, 0.29) is 0 Å². The lowest BCUT2D eigenvalue weighted by Gasteiger charge is -2.23. The van der Waals surface area contributed by atoms with Gasteiger partial charge in [0.15, 0.2) is 0 Å². The highest BCUT2D eigenvalue weighted by Crippen LogP contribution is 2.34. The molecule has 1 aliphatic carbocycles. The molecule has 0 amide bonds. The van der Waals surface area contributed by atoms with E-state index in [1.165, 1.54) is 48.8 Å². The number of pyridine rings is 1. The van der Waals surface area contributed by atoms with E-state index < -0.39 is 0 Å². The number of hydrogen-bond acceptors (Lipinski definition) is 1. The van der Waals surface area contributed by atoms with Crippen molar-refractivity contribution in [1.82, 2.24) is 4.98 Å². The van der Waals surface area contributed by atoms with E-state index >= 15 is 0 Å². The molecule has 1 aromatic carbocycles. The molecule has 0 spiro atoms. The summed E-state index contributed by atoms with van der Waals surface area (Å²) in [6, 6.07) is 12.7. The fourth-order valence-electron chi connectivity index (χ4n) is 3.17. The van der Waals surface area contributed by atoms with Crippen molar-refractivity contribution in [2.75, 3.05) is 0 Å². The highest BCUT2D eigenvalue weighted by atomic mass is 14.7. The second-order valence-corrected chi connectivity index (χ2v) is 5.63. The van der Waals surface area contributed by atoms with Gasteiger partial charge in [0.1, 0.15) is 0 Å². The van der Waals surface area contributed by atoms with Crippen molar-refractivity contribution in [2.24, 2.45) is 0 Å². The molecule has 2 aromatic rings. The van der Waals surface area contributed by atoms with Crippen LogP contribution < -0.4 is 0 Å². The monoisotopic (exact) mass is 251 g/mol. The Balaban J connectivity index is 1.89. The van der Waals surface area contributed by atoms with Crippen LogP contribution in [0.3, 0.4) is 0 Å². The Hall–Kier alpha value is -1.63. The van der Waals surface area contributed by atoms with Crippen LogP contribution in [0.5, 0.6) is 0 Å². The number of benzene rings is 1. The van der Waals surface area contributed by atoms with Crippen LogP contribution in [0.25, 0.3) is 11.3 Å². The van der Waals surface area contributed by atoms with E-state index in [1.54, 1.807) is 0 Å². The summed E-state index contributed by atoms with van der Waals surface area (Å²) >= 11 is 0. The third-order valence-corrected chi connectivity index (χ3v) is 4.27. The second-order valence-electron chi connectivity index (χ2n) is 5.63. The maximum Gasteiger partial charge on any atom is 0.0704 e. The van der Waals surface area contributed by atoms with Gasteiger partial charge in [-0.3, -0.25) is 4.98 Å². The van der Waals surface area contributed by atoms with Gasteiger partial charge >= 0.3 is 0 Å². The fourth-order valence-corrected chi connectivity index (χ4v) is 3.17. The Morgan fingerprint density at radius 1 is 1.00 bits per heavy atom. The van der Waals surface area contributed by atoms with Crippen LogP contribution in [0.4, 0.5) is 0 Å². The molecule has 1 nitrogen and oxygen atoms in total. The predicted molar refractivity (Wildman–Crippen MR) is 80.2 cm³/mol. The molecule has 0 unspecified atom stereocenters. The summed E-state index contributed by atoms with van der Waals surface area (Å²) in [4.78, 5) is 4.68. The Kier molecular flexibility index (Phi) is 3.63. The van der Waals surface area contributed by atoms with Crippen LogP contribution in [0, 0.1) is 6.92 Å². The van der Waals surface area contributed by atoms with E-state index in [9.17, 15) is 0 Å². The SMILES string of the molecule is Cc1cc(-c2ccccc2)ncc1C1CCCCC1. The van der Waals surface area contributed by atoms with Crippen molar-refractivity contribution in [3.8, 4) is 11.3 Å². The molecule has 1 heteroatoms. The summed E-state index contributed by atoms with van der Waals surface area (Å²) < 4.78 is 0. The molecule has 1 fully saturated rings. The van der Waals surface area contributed by atoms with Gasteiger partial charge < -0.3 is 0 Å². The highest BCUT2D eigenvalue weighted by Gasteiger charge is 2.17. The van der Waals surface area contributed by atoms with Gasteiger partial charge in [-0.25, -0.2) is 0 Å². The molecule has 1 heterocycles. The molecular formula is C18H21N. The van der Waals surface area contributed by atoms with Crippen molar-refractivity contribution in [1.29, 1.82) is 0 Å². The van der Waals surface area contributed by atoms with Gasteiger partial charge in [0, 0.05) is 11.8 Å². The second kappa shape index (κ2) is 5.56. The van der Waals surface area contributed by atoms with Gasteiger partial charge in [0.05, 0.1) is 5.69 Å². The zero-order valence-electron chi connectivity index (χ0n) is 11.6. The van der Waals surface area contributed by atoms with Crippen LogP contribution >= 0.6 is 0 Å². The fraction of sp³-hybridized carbons (Fsp3) is 0.389. The summed E-state index contributed by atoms with van der Waals surface area (Å²) in [7, 11) is 0. The van der Waals surface area contributed by atoms with Gasteiger partial charge in [-0.15, -0.1) is 0 Å². The van der Waals surface area contributed by atoms with Crippen molar-refractivity contribution in [3.05, 3.63) is 53.7 Å². The van der Waals surface area contributed by atoms with E-state index in [4.69, 9.17) is 0 Å². The standard InChI is InChI=1S/C18H21N/c1-14-12-18(16-10-6-3-7-11-16)19-13-17(14)15-8-4-2-5-9-15/h3,6-7,10-13,15H,2,4-5,8-9H2,1H3. The number of rotatable bonds is 2. The molecular weight excluding hydrogens is 230 g/mol. The first-order valence-corrected chi connectivity index (χ1v) is 7.36. The van der Waals surface area contributed by atoms with Crippen LogP contribution in [0.1, 0.15) is 49.1 Å². The summed E-state index contributed by atoms with van der Waals surface area (Å²) in [5.74, 6) is 0.742. The lowest BCUT2D eigenvalue weighted by atomic mass is 9.83. The molecule has 19 heavy (non-hydrogen) atoms. The Morgan fingerprint density at radius 2 is 1.74 bits per heavy atom. The maximum absolute atomic E-state index is 4.68. The third-order valence-electron chi connectivity index (χ3n) is 4.27. The number of aromatic nitrogens is 1. The Morgan fingerprint density at radius 3 is 2.42 bits per heavy atom. The van der Waals surface area contributed by atoms with Crippen LogP contribution in [0.15, 0.2) is 42.6 Å². The zero-order valence-corrected chi connectivity index (χ0v) is 11.6. The average molecular weight is 251 g/mol. The molecule has 1 aliphatic rings. The predicted octanol–water partition coefficient (Wildman–Crippen LogP) is 5.10. The largest absolute Gasteiger partial charge is 0.256 e. The minimum atomic E-state index is 0.742. The summed E-state index contributed by atoms with van der Waals surface area (Å²) in [5, 5.41) is 0. The molecule has 1 saturated carbocycles. The van der Waals surface area contributed by atoms with E-state index in [2.05, 4.69) is 48.4 Å². The third kappa shape index (κ3) is 2.70. The smallest absolute Gasteiger partial charge is 0.0704 e. The number of hydrogen-bond donors (Lipinski definition) is 0. The summed E-state index contributed by atoms with van der Waals surface area (Å²) in [6.45, 7) is 2.23. The van der Waals surface area contributed by atoms with Crippen LogP contribution in [0.2, 0.25) is 0 Å². The van der Waals surface area contributed by atoms with Crippen molar-refractivity contribution >= 4 is 0 Å². The van der Waals surface area contributed by atoms with Gasteiger partial charge in [0.2, 0.25) is 0 Å². The van der Waals surface area contributed by atoms with Crippen LogP contribution in [-0.2, 0) is 0 Å². The van der Waals surface area contributed by atoms with Crippen molar-refractivity contribution in [2.45, 2.75) is 44.9 Å². The molecule has 0 saturated heterocycles. The van der Waals surface area contributed by atoms with Crippen LogP contribution in [-0.4, -0.2) is 4.98 Å². The minimum absolute atomic E-state index is 0.742. The van der Waals surface area contributed by atoms with Crippen molar-refractivity contribution in [3.63, 3.8) is 0 Å². The molecule has 0 atom stereocenters. The minimum Gasteiger partial charge on any atom is -0.256 e. The topological polar surface area (TPSA) is 12.9 Å². The molecule has 98 valence electrons. The molecule has 0 bridgehead atoms. The van der Waals surface area contributed by atoms with Gasteiger partial charge in [-0.2, -0.15) is 0 Å². The van der Waals surface area contributed by atoms with Crippen molar-refractivity contribution < 1.29 is 0 Å². The Bertz CT molecular complexity index is 539. The first kappa shape index (κ1) is 12.4. The lowest BCUT2D eigenvalue weighted by Crippen LogP contribution is -2.07. The first-order chi connectivity index (χ1) is 9.34. The molecule has 3 rings (SSSR count). The molecule has 1 aromatic heterocycles. The molecule has 0 radical (unpaired) electrons. The van der Waals surface area contributed by atoms with E-state index in [0.29, 0.717) is 0 Å². The van der Waals surface area contributed by atoms with Gasteiger partial charge in [-0.1, -0.05) is 49.6 Å². The van der Waals surface area contributed by atoms with Gasteiger partial charge in [-0.05, 0) is 42.9 Å². The van der Waals surface area contributed by atoms with Gasteiger partial charge in [0.25, 0.3) is 0 Å². The van der Waals surface area contributed by atoms with E-state index in [1.807, 2.05) is 6.07 Å². The number of nitrogens with zero attached hydrogens (tertiary/aromatic N) is 1. The Labute approximate surface area is 115 Å². The summed E-state index contributed by atoms with van der Waals surface area (Å²) in [6.07, 6.45) is 8.97. The lowest BCUT2D eigenvalue weighted by molar-refractivity contribution is 0.441. The maximum atomic E-state index is 4.68. The zero-order chi connectivity index (χ0) is 13.1. The number of aryl methyl sites for hydroxylation is 1. The highest BCUT2D eigenvalue weighted by molar-refractivity contribution is 5.60. The first-order valence-electron chi connectivity index (χ1n) is 7.36. The normalized spacial score (nSPS) is 16.5. The molecule has 0 N–H and O–H groups in total. The van der Waals surface area contributed by atoms with E-state index in [0.717, 1.165) is 11.6 Å². The average Bonchev–Trinajstić information content (AvgIpc) is 2.49. The molecule has 0 aliphatic heterocycles.